The third kappa shape index (κ3) is 5.43. The number of esters is 1. The summed E-state index contributed by atoms with van der Waals surface area (Å²) in [6.45, 7) is 0.490. The SMILES string of the molecule is COC(=O)c1nc(NCCOCC(F)(F)F)sc1C. The van der Waals surface area contributed by atoms with Crippen LogP contribution in [0.25, 0.3) is 0 Å². The van der Waals surface area contributed by atoms with Crippen LogP contribution >= 0.6 is 11.3 Å². The number of methoxy groups -OCH3 is 1. The normalized spacial score (nSPS) is 11.4. The zero-order valence-electron chi connectivity index (χ0n) is 10.3. The summed E-state index contributed by atoms with van der Waals surface area (Å²) >= 11 is 1.22. The molecule has 0 bridgehead atoms. The van der Waals surface area contributed by atoms with Crippen molar-refractivity contribution in [3.63, 3.8) is 0 Å². The molecule has 19 heavy (non-hydrogen) atoms. The molecule has 0 aliphatic heterocycles. The van der Waals surface area contributed by atoms with Gasteiger partial charge in [-0.1, -0.05) is 0 Å². The number of rotatable bonds is 6. The lowest BCUT2D eigenvalue weighted by Crippen LogP contribution is -2.20. The Kier molecular flexibility index (Phi) is 5.55. The minimum Gasteiger partial charge on any atom is -0.464 e. The summed E-state index contributed by atoms with van der Waals surface area (Å²) in [5.74, 6) is -0.546. The van der Waals surface area contributed by atoms with Crippen LogP contribution in [0.4, 0.5) is 18.3 Å². The lowest BCUT2D eigenvalue weighted by molar-refractivity contribution is -0.172. The number of alkyl halides is 3. The zero-order chi connectivity index (χ0) is 14.5. The molecule has 5 nitrogen and oxygen atoms in total. The third-order valence-electron chi connectivity index (χ3n) is 1.96. The van der Waals surface area contributed by atoms with E-state index in [4.69, 9.17) is 0 Å². The van der Waals surface area contributed by atoms with E-state index in [0.29, 0.717) is 10.0 Å². The van der Waals surface area contributed by atoms with Crippen molar-refractivity contribution in [2.75, 3.05) is 32.2 Å². The molecule has 1 heterocycles. The van der Waals surface area contributed by atoms with Gasteiger partial charge in [-0.15, -0.1) is 11.3 Å². The van der Waals surface area contributed by atoms with Crippen LogP contribution in [-0.4, -0.2) is 44.0 Å². The number of nitrogens with one attached hydrogen (secondary N) is 1. The Labute approximate surface area is 111 Å². The van der Waals surface area contributed by atoms with Gasteiger partial charge in [-0.3, -0.25) is 0 Å². The Hall–Kier alpha value is -1.35. The minimum atomic E-state index is -4.32. The molecule has 9 heteroatoms. The molecular weight excluding hydrogens is 285 g/mol. The second-order valence-corrected chi connectivity index (χ2v) is 4.71. The zero-order valence-corrected chi connectivity index (χ0v) is 11.2. The summed E-state index contributed by atoms with van der Waals surface area (Å²) in [7, 11) is 1.25. The second kappa shape index (κ2) is 6.71. The van der Waals surface area contributed by atoms with Gasteiger partial charge in [0.2, 0.25) is 0 Å². The summed E-state index contributed by atoms with van der Waals surface area (Å²) in [6, 6.07) is 0. The van der Waals surface area contributed by atoms with E-state index in [1.807, 2.05) is 0 Å². The van der Waals surface area contributed by atoms with Gasteiger partial charge in [0.05, 0.1) is 13.7 Å². The van der Waals surface area contributed by atoms with Gasteiger partial charge in [-0.05, 0) is 6.92 Å². The van der Waals surface area contributed by atoms with E-state index in [2.05, 4.69) is 19.8 Å². The van der Waals surface area contributed by atoms with Crippen molar-refractivity contribution in [2.24, 2.45) is 0 Å². The summed E-state index contributed by atoms with van der Waals surface area (Å²) in [5, 5.41) is 3.22. The Morgan fingerprint density at radius 2 is 2.16 bits per heavy atom. The molecule has 0 fully saturated rings. The Bertz CT molecular complexity index is 434. The first-order valence-corrected chi connectivity index (χ1v) is 6.09. The summed E-state index contributed by atoms with van der Waals surface area (Å²) < 4.78 is 44.3. The van der Waals surface area contributed by atoms with E-state index >= 15 is 0 Å². The van der Waals surface area contributed by atoms with E-state index in [-0.39, 0.29) is 18.8 Å². The van der Waals surface area contributed by atoms with Gasteiger partial charge in [0.25, 0.3) is 0 Å². The molecule has 1 rings (SSSR count). The van der Waals surface area contributed by atoms with Crippen LogP contribution in [0.5, 0.6) is 0 Å². The fraction of sp³-hybridized carbons (Fsp3) is 0.600. The van der Waals surface area contributed by atoms with E-state index < -0.39 is 18.8 Å². The number of halogens is 3. The van der Waals surface area contributed by atoms with E-state index in [9.17, 15) is 18.0 Å². The molecule has 1 N–H and O–H groups in total. The van der Waals surface area contributed by atoms with Crippen LogP contribution in [0.15, 0.2) is 0 Å². The maximum Gasteiger partial charge on any atom is 0.411 e. The highest BCUT2D eigenvalue weighted by Gasteiger charge is 2.27. The molecule has 0 aliphatic carbocycles. The molecule has 0 unspecified atom stereocenters. The highest BCUT2D eigenvalue weighted by atomic mass is 32.1. The van der Waals surface area contributed by atoms with Crippen molar-refractivity contribution < 1.29 is 27.4 Å². The summed E-state index contributed by atoms with van der Waals surface area (Å²) in [5.41, 5.74) is 0.200. The topological polar surface area (TPSA) is 60.5 Å². The number of aryl methyl sites for hydroxylation is 1. The smallest absolute Gasteiger partial charge is 0.411 e. The predicted octanol–water partition coefficient (Wildman–Crippen LogP) is 2.23. The van der Waals surface area contributed by atoms with Crippen molar-refractivity contribution in [1.82, 2.24) is 4.98 Å². The molecule has 1 aromatic rings. The van der Waals surface area contributed by atoms with E-state index in [0.717, 1.165) is 0 Å². The molecule has 1 aromatic heterocycles. The van der Waals surface area contributed by atoms with Crippen molar-refractivity contribution in [3.05, 3.63) is 10.6 Å². The lowest BCUT2D eigenvalue weighted by atomic mass is 10.4. The van der Waals surface area contributed by atoms with Gasteiger partial charge in [-0.2, -0.15) is 13.2 Å². The van der Waals surface area contributed by atoms with Gasteiger partial charge >= 0.3 is 12.1 Å². The number of hydrogen-bond donors (Lipinski definition) is 1. The molecule has 108 valence electrons. The second-order valence-electron chi connectivity index (χ2n) is 3.51. The Morgan fingerprint density at radius 1 is 1.47 bits per heavy atom. The fourth-order valence-electron chi connectivity index (χ4n) is 1.18. The van der Waals surface area contributed by atoms with Crippen LogP contribution in [0, 0.1) is 6.92 Å². The average molecular weight is 298 g/mol. The van der Waals surface area contributed by atoms with Gasteiger partial charge < -0.3 is 14.8 Å². The Morgan fingerprint density at radius 3 is 2.74 bits per heavy atom. The van der Waals surface area contributed by atoms with Crippen LogP contribution in [0.2, 0.25) is 0 Å². The Balaban J connectivity index is 2.36. The molecule has 0 saturated carbocycles. The molecule has 0 aromatic carbocycles. The highest BCUT2D eigenvalue weighted by Crippen LogP contribution is 2.22. The molecule has 0 atom stereocenters. The maximum atomic E-state index is 11.8. The predicted molar refractivity (Wildman–Crippen MR) is 63.6 cm³/mol. The van der Waals surface area contributed by atoms with Crippen molar-refractivity contribution in [2.45, 2.75) is 13.1 Å². The van der Waals surface area contributed by atoms with Crippen LogP contribution in [-0.2, 0) is 9.47 Å². The highest BCUT2D eigenvalue weighted by molar-refractivity contribution is 7.15. The third-order valence-corrected chi connectivity index (χ3v) is 2.89. The molecule has 0 spiro atoms. The van der Waals surface area contributed by atoms with Gasteiger partial charge in [0.1, 0.15) is 6.61 Å². The van der Waals surface area contributed by atoms with Crippen molar-refractivity contribution in [3.8, 4) is 0 Å². The maximum absolute atomic E-state index is 11.8. The minimum absolute atomic E-state index is 0.105. The standard InChI is InChI=1S/C10H13F3N2O3S/c1-6-7(8(16)17-2)15-9(19-6)14-3-4-18-5-10(11,12)13/h3-5H2,1-2H3,(H,14,15). The molecule has 0 aliphatic rings. The number of carbonyl (C=O) groups excluding carboxylic acids is 1. The monoisotopic (exact) mass is 298 g/mol. The number of aromatic nitrogens is 1. The summed E-state index contributed by atoms with van der Waals surface area (Å²) in [4.78, 5) is 15.9. The largest absolute Gasteiger partial charge is 0.464 e. The number of carbonyl (C=O) groups is 1. The number of nitrogens with zero attached hydrogens (tertiary/aromatic N) is 1. The van der Waals surface area contributed by atoms with Crippen LogP contribution in [0.1, 0.15) is 15.4 Å². The van der Waals surface area contributed by atoms with Crippen molar-refractivity contribution >= 4 is 22.4 Å². The quantitative estimate of drug-likeness (QED) is 0.644. The van der Waals surface area contributed by atoms with Gasteiger partial charge in [0.15, 0.2) is 10.8 Å². The molecule has 0 radical (unpaired) electrons. The molecule has 0 saturated heterocycles. The number of hydrogen-bond acceptors (Lipinski definition) is 6. The first kappa shape index (κ1) is 15.7. The number of thiazole rings is 1. The van der Waals surface area contributed by atoms with Crippen LogP contribution < -0.4 is 5.32 Å². The van der Waals surface area contributed by atoms with Crippen molar-refractivity contribution in [1.29, 1.82) is 0 Å². The fourth-order valence-corrected chi connectivity index (χ4v) is 2.00. The first-order valence-electron chi connectivity index (χ1n) is 5.27. The number of ether oxygens (including phenoxy) is 2. The van der Waals surface area contributed by atoms with E-state index in [1.165, 1.54) is 18.4 Å². The van der Waals surface area contributed by atoms with Gasteiger partial charge in [-0.25, -0.2) is 9.78 Å². The molecule has 0 amide bonds. The molecular formula is C10H13F3N2O3S. The lowest BCUT2D eigenvalue weighted by Gasteiger charge is -2.07. The summed E-state index contributed by atoms with van der Waals surface area (Å²) in [6.07, 6.45) is -4.32. The van der Waals surface area contributed by atoms with Gasteiger partial charge in [0, 0.05) is 11.4 Å². The number of anilines is 1. The van der Waals surface area contributed by atoms with Crippen LogP contribution in [0.3, 0.4) is 0 Å². The average Bonchev–Trinajstić information content (AvgIpc) is 2.67. The first-order chi connectivity index (χ1) is 8.83. The van der Waals surface area contributed by atoms with E-state index in [1.54, 1.807) is 6.92 Å².